The predicted octanol–water partition coefficient (Wildman–Crippen LogP) is 4.05. The number of fused-ring (bicyclic) bond motifs is 2. The lowest BCUT2D eigenvalue weighted by Gasteiger charge is -2.07. The SMILES string of the molecule is Cc1ccc2cccc(NC(=O)c3cc4c(C)nn(C)c4s3)c2n1. The number of amides is 1. The van der Waals surface area contributed by atoms with Gasteiger partial charge >= 0.3 is 0 Å². The molecule has 4 aromatic rings. The largest absolute Gasteiger partial charge is 0.319 e. The van der Waals surface area contributed by atoms with E-state index >= 15 is 0 Å². The van der Waals surface area contributed by atoms with E-state index in [1.807, 2.05) is 62.0 Å². The number of pyridine rings is 1. The highest BCUT2D eigenvalue weighted by atomic mass is 32.1. The van der Waals surface area contributed by atoms with E-state index in [9.17, 15) is 4.79 Å². The van der Waals surface area contributed by atoms with Gasteiger partial charge in [0, 0.05) is 23.5 Å². The summed E-state index contributed by atoms with van der Waals surface area (Å²) in [5.74, 6) is -0.119. The number of aryl methyl sites for hydroxylation is 3. The Hall–Kier alpha value is -2.73. The summed E-state index contributed by atoms with van der Waals surface area (Å²) in [6.07, 6.45) is 0. The van der Waals surface area contributed by atoms with Gasteiger partial charge in [0.15, 0.2) is 0 Å². The van der Waals surface area contributed by atoms with Crippen molar-refractivity contribution in [1.82, 2.24) is 14.8 Å². The highest BCUT2D eigenvalue weighted by Gasteiger charge is 2.16. The van der Waals surface area contributed by atoms with E-state index in [0.717, 1.165) is 38.2 Å². The molecule has 3 aromatic heterocycles. The minimum Gasteiger partial charge on any atom is -0.319 e. The molecule has 4 rings (SSSR count). The molecule has 5 nitrogen and oxygen atoms in total. The summed E-state index contributed by atoms with van der Waals surface area (Å²) in [6.45, 7) is 3.90. The van der Waals surface area contributed by atoms with Crippen LogP contribution in [-0.2, 0) is 7.05 Å². The minimum absolute atomic E-state index is 0.119. The van der Waals surface area contributed by atoms with E-state index < -0.39 is 0 Å². The van der Waals surface area contributed by atoms with Crippen LogP contribution in [0.5, 0.6) is 0 Å². The predicted molar refractivity (Wildman–Crippen MR) is 97.8 cm³/mol. The summed E-state index contributed by atoms with van der Waals surface area (Å²) in [4.78, 5) is 18.9. The lowest BCUT2D eigenvalue weighted by Crippen LogP contribution is -2.10. The molecule has 0 bridgehead atoms. The van der Waals surface area contributed by atoms with Gasteiger partial charge in [0.25, 0.3) is 5.91 Å². The van der Waals surface area contributed by atoms with Crippen LogP contribution < -0.4 is 5.32 Å². The number of carbonyl (C=O) groups is 1. The number of nitrogens with one attached hydrogen (secondary N) is 1. The van der Waals surface area contributed by atoms with E-state index in [2.05, 4.69) is 15.4 Å². The van der Waals surface area contributed by atoms with Crippen molar-refractivity contribution in [2.24, 2.45) is 7.05 Å². The molecule has 120 valence electrons. The zero-order chi connectivity index (χ0) is 16.8. The van der Waals surface area contributed by atoms with Gasteiger partial charge < -0.3 is 5.32 Å². The Morgan fingerprint density at radius 2 is 2.04 bits per heavy atom. The van der Waals surface area contributed by atoms with Gasteiger partial charge in [-0.3, -0.25) is 14.5 Å². The molecular formula is C18H16N4OS. The van der Waals surface area contributed by atoms with Crippen LogP contribution in [0.15, 0.2) is 36.4 Å². The van der Waals surface area contributed by atoms with Crippen LogP contribution in [0.3, 0.4) is 0 Å². The molecule has 0 radical (unpaired) electrons. The molecule has 0 saturated heterocycles. The molecule has 24 heavy (non-hydrogen) atoms. The molecule has 0 atom stereocenters. The average Bonchev–Trinajstić information content (AvgIpc) is 3.10. The first-order chi connectivity index (χ1) is 11.5. The molecule has 0 saturated carbocycles. The van der Waals surface area contributed by atoms with Crippen LogP contribution in [0.2, 0.25) is 0 Å². The molecule has 0 spiro atoms. The fourth-order valence-corrected chi connectivity index (χ4v) is 3.86. The molecule has 0 aliphatic rings. The third kappa shape index (κ3) is 2.35. The second-order valence-corrected chi connectivity index (χ2v) is 6.85. The van der Waals surface area contributed by atoms with Gasteiger partial charge in [-0.25, -0.2) is 0 Å². The van der Waals surface area contributed by atoms with Gasteiger partial charge in [-0.2, -0.15) is 5.10 Å². The number of hydrogen-bond donors (Lipinski definition) is 1. The molecule has 6 heteroatoms. The Balaban J connectivity index is 1.73. The first-order valence-electron chi connectivity index (χ1n) is 7.64. The molecule has 1 N–H and O–H groups in total. The van der Waals surface area contributed by atoms with Gasteiger partial charge in [-0.05, 0) is 32.0 Å². The quantitative estimate of drug-likeness (QED) is 0.601. The third-order valence-electron chi connectivity index (χ3n) is 4.03. The van der Waals surface area contributed by atoms with Gasteiger partial charge in [0.1, 0.15) is 4.83 Å². The zero-order valence-corrected chi connectivity index (χ0v) is 14.4. The zero-order valence-electron chi connectivity index (χ0n) is 13.6. The third-order valence-corrected chi connectivity index (χ3v) is 5.23. The molecule has 1 aromatic carbocycles. The summed E-state index contributed by atoms with van der Waals surface area (Å²) >= 11 is 1.45. The van der Waals surface area contributed by atoms with Crippen molar-refractivity contribution in [1.29, 1.82) is 0 Å². The lowest BCUT2D eigenvalue weighted by molar-refractivity contribution is 0.103. The Labute approximate surface area is 142 Å². The normalized spacial score (nSPS) is 11.3. The number of rotatable bonds is 2. The van der Waals surface area contributed by atoms with Crippen LogP contribution in [-0.4, -0.2) is 20.7 Å². The van der Waals surface area contributed by atoms with Gasteiger partial charge in [0.05, 0.1) is 21.8 Å². The molecule has 0 fully saturated rings. The fourth-order valence-electron chi connectivity index (χ4n) is 2.85. The molecule has 0 aliphatic carbocycles. The van der Waals surface area contributed by atoms with E-state index in [-0.39, 0.29) is 5.91 Å². The van der Waals surface area contributed by atoms with Crippen LogP contribution in [0.1, 0.15) is 21.1 Å². The Morgan fingerprint density at radius 3 is 2.83 bits per heavy atom. The standard InChI is InChI=1S/C18H16N4OS/c1-10-7-8-12-5-4-6-14(16(12)19-10)20-17(23)15-9-13-11(2)21-22(3)18(13)24-15/h4-9H,1-3H3,(H,20,23). The maximum atomic E-state index is 12.7. The van der Waals surface area contributed by atoms with Crippen molar-refractivity contribution in [3.63, 3.8) is 0 Å². The van der Waals surface area contributed by atoms with Crippen molar-refractivity contribution < 1.29 is 4.79 Å². The van der Waals surface area contributed by atoms with Crippen LogP contribution in [0, 0.1) is 13.8 Å². The number of benzene rings is 1. The second-order valence-electron chi connectivity index (χ2n) is 5.82. The Kier molecular flexibility index (Phi) is 3.35. The van der Waals surface area contributed by atoms with E-state index in [0.29, 0.717) is 4.88 Å². The van der Waals surface area contributed by atoms with Crippen LogP contribution in [0.25, 0.3) is 21.1 Å². The fraction of sp³-hybridized carbons (Fsp3) is 0.167. The first kappa shape index (κ1) is 14.8. The number of carbonyl (C=O) groups excluding carboxylic acids is 1. The van der Waals surface area contributed by atoms with E-state index in [1.165, 1.54) is 11.3 Å². The number of nitrogens with zero attached hydrogens (tertiary/aromatic N) is 3. The Bertz CT molecular complexity index is 1060. The maximum absolute atomic E-state index is 12.7. The maximum Gasteiger partial charge on any atom is 0.265 e. The number of anilines is 1. The molecule has 3 heterocycles. The summed E-state index contributed by atoms with van der Waals surface area (Å²) in [6, 6.07) is 11.7. The van der Waals surface area contributed by atoms with Crippen LogP contribution >= 0.6 is 11.3 Å². The number of para-hydroxylation sites is 1. The monoisotopic (exact) mass is 336 g/mol. The van der Waals surface area contributed by atoms with Crippen LogP contribution in [0.4, 0.5) is 5.69 Å². The first-order valence-corrected chi connectivity index (χ1v) is 8.45. The topological polar surface area (TPSA) is 59.8 Å². The van der Waals surface area contributed by atoms with Crippen molar-refractivity contribution >= 4 is 44.1 Å². The highest BCUT2D eigenvalue weighted by molar-refractivity contribution is 7.20. The van der Waals surface area contributed by atoms with Crippen molar-refractivity contribution in [3.8, 4) is 0 Å². The van der Waals surface area contributed by atoms with Crippen molar-refractivity contribution in [2.75, 3.05) is 5.32 Å². The number of thiophene rings is 1. The van der Waals surface area contributed by atoms with Gasteiger partial charge in [-0.1, -0.05) is 18.2 Å². The summed E-state index contributed by atoms with van der Waals surface area (Å²) in [5, 5.41) is 9.40. The van der Waals surface area contributed by atoms with Crippen molar-refractivity contribution in [3.05, 3.63) is 52.7 Å². The second kappa shape index (κ2) is 5.42. The van der Waals surface area contributed by atoms with Gasteiger partial charge in [-0.15, -0.1) is 11.3 Å². The van der Waals surface area contributed by atoms with E-state index in [4.69, 9.17) is 0 Å². The smallest absolute Gasteiger partial charge is 0.265 e. The molecule has 1 amide bonds. The van der Waals surface area contributed by atoms with Crippen molar-refractivity contribution in [2.45, 2.75) is 13.8 Å². The van der Waals surface area contributed by atoms with Gasteiger partial charge in [0.2, 0.25) is 0 Å². The summed E-state index contributed by atoms with van der Waals surface area (Å²) in [7, 11) is 1.89. The highest BCUT2D eigenvalue weighted by Crippen LogP contribution is 2.29. The Morgan fingerprint density at radius 1 is 1.21 bits per heavy atom. The minimum atomic E-state index is -0.119. The van der Waals surface area contributed by atoms with E-state index in [1.54, 1.807) is 0 Å². The molecule has 0 aliphatic heterocycles. The summed E-state index contributed by atoms with van der Waals surface area (Å²) < 4.78 is 1.81. The average molecular weight is 336 g/mol. The molecule has 0 unspecified atom stereocenters. The lowest BCUT2D eigenvalue weighted by atomic mass is 10.1. The number of hydrogen-bond acceptors (Lipinski definition) is 4. The summed E-state index contributed by atoms with van der Waals surface area (Å²) in [5.41, 5.74) is 3.40. The molecular weight excluding hydrogens is 320 g/mol. The number of aromatic nitrogens is 3.